The predicted molar refractivity (Wildman–Crippen MR) is 104 cm³/mol. The first kappa shape index (κ1) is 20.2. The van der Waals surface area contributed by atoms with Crippen LogP contribution in [-0.2, 0) is 4.79 Å². The van der Waals surface area contributed by atoms with Crippen LogP contribution in [0.15, 0.2) is 24.4 Å². The Morgan fingerprint density at radius 3 is 2.69 bits per heavy atom. The number of pyridine rings is 1. The van der Waals surface area contributed by atoms with Crippen molar-refractivity contribution in [3.05, 3.63) is 35.8 Å². The third kappa shape index (κ3) is 4.55. The zero-order valence-corrected chi connectivity index (χ0v) is 16.3. The molecular formula is C17H21Cl2N5O2. The van der Waals surface area contributed by atoms with Crippen LogP contribution in [0, 0.1) is 13.8 Å². The van der Waals surface area contributed by atoms with Gasteiger partial charge >= 0.3 is 0 Å². The molecule has 1 amide bonds. The standard InChI is InChI=1S/C17H21Cl2N5O2/c1-8(5-12(20)16(18)19)17(25)22-11-6-13(26-4)15(21-7-11)14-9(2)23-24-10(14)3/h6-7,12,16H,1,5,20H2,2-4H3,(H,22,25)(H,23,24)/t12-/m0/s1. The Kier molecular flexibility index (Phi) is 6.63. The molecule has 0 radical (unpaired) electrons. The summed E-state index contributed by atoms with van der Waals surface area (Å²) in [4.78, 5) is 15.9. The van der Waals surface area contributed by atoms with Gasteiger partial charge in [0.15, 0.2) is 0 Å². The number of hydrogen-bond donors (Lipinski definition) is 3. The topological polar surface area (TPSA) is 106 Å². The Labute approximate surface area is 161 Å². The minimum atomic E-state index is -0.776. The summed E-state index contributed by atoms with van der Waals surface area (Å²) >= 11 is 11.4. The van der Waals surface area contributed by atoms with Crippen LogP contribution in [-0.4, -0.2) is 39.1 Å². The SMILES string of the molecule is C=C(C[C@H](N)C(Cl)Cl)C(=O)Nc1cnc(-c2c(C)n[nH]c2C)c(OC)c1. The average molecular weight is 398 g/mol. The van der Waals surface area contributed by atoms with E-state index in [4.69, 9.17) is 33.7 Å². The smallest absolute Gasteiger partial charge is 0.251 e. The molecule has 2 rings (SSSR count). The van der Waals surface area contributed by atoms with E-state index in [0.717, 1.165) is 17.0 Å². The minimum absolute atomic E-state index is 0.180. The average Bonchev–Trinajstić information content (AvgIpc) is 2.93. The molecule has 0 saturated heterocycles. The number of rotatable bonds is 7. The molecule has 0 aromatic carbocycles. The maximum absolute atomic E-state index is 12.3. The number of aromatic amines is 1. The molecule has 0 unspecified atom stereocenters. The molecule has 26 heavy (non-hydrogen) atoms. The lowest BCUT2D eigenvalue weighted by atomic mass is 10.1. The van der Waals surface area contributed by atoms with Crippen LogP contribution in [0.25, 0.3) is 11.3 Å². The fourth-order valence-electron chi connectivity index (χ4n) is 2.44. The van der Waals surface area contributed by atoms with Crippen molar-refractivity contribution in [2.75, 3.05) is 12.4 Å². The van der Waals surface area contributed by atoms with Gasteiger partial charge in [-0.25, -0.2) is 0 Å². The van der Waals surface area contributed by atoms with Crippen LogP contribution in [0.4, 0.5) is 5.69 Å². The number of nitrogens with one attached hydrogen (secondary N) is 2. The maximum Gasteiger partial charge on any atom is 0.251 e. The summed E-state index contributed by atoms with van der Waals surface area (Å²) in [5.74, 6) is 0.126. The molecule has 0 spiro atoms. The number of methoxy groups -OCH3 is 1. The first-order chi connectivity index (χ1) is 12.2. The number of amides is 1. The molecule has 2 aromatic rings. The highest BCUT2D eigenvalue weighted by Gasteiger charge is 2.19. The van der Waals surface area contributed by atoms with E-state index < -0.39 is 10.9 Å². The maximum atomic E-state index is 12.3. The van der Waals surface area contributed by atoms with Gasteiger partial charge in [0.2, 0.25) is 0 Å². The molecule has 0 saturated carbocycles. The summed E-state index contributed by atoms with van der Waals surface area (Å²) in [6.07, 6.45) is 1.72. The zero-order valence-electron chi connectivity index (χ0n) is 14.8. The Morgan fingerprint density at radius 1 is 1.46 bits per heavy atom. The third-order valence-corrected chi connectivity index (χ3v) is 4.47. The number of nitrogens with zero attached hydrogens (tertiary/aromatic N) is 2. The summed E-state index contributed by atoms with van der Waals surface area (Å²) in [7, 11) is 1.54. The summed E-state index contributed by atoms with van der Waals surface area (Å²) in [5.41, 5.74) is 9.69. The highest BCUT2D eigenvalue weighted by atomic mass is 35.5. The highest BCUT2D eigenvalue weighted by molar-refractivity contribution is 6.44. The fraction of sp³-hybridized carbons (Fsp3) is 0.353. The molecule has 0 fully saturated rings. The van der Waals surface area contributed by atoms with Gasteiger partial charge in [-0.3, -0.25) is 14.9 Å². The van der Waals surface area contributed by atoms with E-state index >= 15 is 0 Å². The number of ether oxygens (including phenoxy) is 1. The normalized spacial score (nSPS) is 12.1. The van der Waals surface area contributed by atoms with Crippen molar-refractivity contribution in [3.8, 4) is 17.0 Å². The molecule has 0 aliphatic rings. The molecular weight excluding hydrogens is 377 g/mol. The molecule has 1 atom stereocenters. The number of H-pyrrole nitrogens is 1. The molecule has 0 aliphatic heterocycles. The van der Waals surface area contributed by atoms with Gasteiger partial charge in [-0.05, 0) is 20.3 Å². The van der Waals surface area contributed by atoms with Crippen LogP contribution in [0.3, 0.4) is 0 Å². The fourth-order valence-corrected chi connectivity index (χ4v) is 2.62. The Balaban J connectivity index is 2.19. The highest BCUT2D eigenvalue weighted by Crippen LogP contribution is 2.33. The number of carbonyl (C=O) groups is 1. The van der Waals surface area contributed by atoms with E-state index in [1.165, 1.54) is 7.11 Å². The van der Waals surface area contributed by atoms with Gasteiger partial charge in [0.1, 0.15) is 16.3 Å². The number of aromatic nitrogens is 3. The van der Waals surface area contributed by atoms with Crippen molar-refractivity contribution in [3.63, 3.8) is 0 Å². The van der Waals surface area contributed by atoms with Gasteiger partial charge < -0.3 is 15.8 Å². The molecule has 4 N–H and O–H groups in total. The monoisotopic (exact) mass is 397 g/mol. The Bertz CT molecular complexity index is 800. The van der Waals surface area contributed by atoms with Gasteiger partial charge in [0.25, 0.3) is 5.91 Å². The second kappa shape index (κ2) is 8.53. The molecule has 9 heteroatoms. The van der Waals surface area contributed by atoms with E-state index in [1.54, 1.807) is 12.3 Å². The van der Waals surface area contributed by atoms with Crippen LogP contribution in [0.5, 0.6) is 5.75 Å². The number of aryl methyl sites for hydroxylation is 2. The van der Waals surface area contributed by atoms with Gasteiger partial charge in [0.05, 0.1) is 24.7 Å². The van der Waals surface area contributed by atoms with Gasteiger partial charge in [-0.1, -0.05) is 6.58 Å². The van der Waals surface area contributed by atoms with Crippen molar-refractivity contribution in [1.29, 1.82) is 0 Å². The van der Waals surface area contributed by atoms with E-state index in [1.807, 2.05) is 13.8 Å². The van der Waals surface area contributed by atoms with Crippen LogP contribution >= 0.6 is 23.2 Å². The van der Waals surface area contributed by atoms with Crippen LogP contribution in [0.2, 0.25) is 0 Å². The van der Waals surface area contributed by atoms with Gasteiger partial charge in [-0.2, -0.15) is 5.10 Å². The quantitative estimate of drug-likeness (QED) is 0.491. The Hall–Kier alpha value is -2.09. The lowest BCUT2D eigenvalue weighted by molar-refractivity contribution is -0.113. The second-order valence-electron chi connectivity index (χ2n) is 5.84. The second-order valence-corrected chi connectivity index (χ2v) is 7.01. The van der Waals surface area contributed by atoms with Gasteiger partial charge in [-0.15, -0.1) is 23.2 Å². The largest absolute Gasteiger partial charge is 0.494 e. The van der Waals surface area contributed by atoms with E-state index in [9.17, 15) is 4.79 Å². The summed E-state index contributed by atoms with van der Waals surface area (Å²) < 4.78 is 5.43. The van der Waals surface area contributed by atoms with Crippen molar-refractivity contribution in [1.82, 2.24) is 15.2 Å². The predicted octanol–water partition coefficient (Wildman–Crippen LogP) is 3.11. The summed E-state index contributed by atoms with van der Waals surface area (Å²) in [5, 5.41) is 9.80. The Morgan fingerprint density at radius 2 is 2.15 bits per heavy atom. The zero-order chi connectivity index (χ0) is 19.4. The lowest BCUT2D eigenvalue weighted by Gasteiger charge is -2.15. The van der Waals surface area contributed by atoms with Crippen molar-refractivity contribution in [2.45, 2.75) is 31.1 Å². The van der Waals surface area contributed by atoms with Gasteiger partial charge in [0, 0.05) is 28.9 Å². The van der Waals surface area contributed by atoms with E-state index in [0.29, 0.717) is 17.1 Å². The van der Waals surface area contributed by atoms with E-state index in [-0.39, 0.29) is 17.9 Å². The number of halogens is 2. The lowest BCUT2D eigenvalue weighted by Crippen LogP contribution is -2.30. The number of hydrogen-bond acceptors (Lipinski definition) is 5. The molecule has 7 nitrogen and oxygen atoms in total. The van der Waals surface area contributed by atoms with Crippen LogP contribution < -0.4 is 15.8 Å². The molecule has 2 heterocycles. The van der Waals surface area contributed by atoms with Crippen molar-refractivity contribution < 1.29 is 9.53 Å². The number of alkyl halides is 2. The number of anilines is 1. The van der Waals surface area contributed by atoms with Crippen molar-refractivity contribution in [2.24, 2.45) is 5.73 Å². The van der Waals surface area contributed by atoms with Crippen molar-refractivity contribution >= 4 is 34.8 Å². The summed E-state index contributed by atoms with van der Waals surface area (Å²) in [6, 6.07) is 1.12. The third-order valence-electron chi connectivity index (χ3n) is 3.82. The van der Waals surface area contributed by atoms with E-state index in [2.05, 4.69) is 27.1 Å². The summed E-state index contributed by atoms with van der Waals surface area (Å²) in [6.45, 7) is 7.51. The molecule has 140 valence electrons. The number of nitrogens with two attached hydrogens (primary N) is 1. The number of carbonyl (C=O) groups excluding carboxylic acids is 1. The first-order valence-electron chi connectivity index (χ1n) is 7.83. The molecule has 0 bridgehead atoms. The first-order valence-corrected chi connectivity index (χ1v) is 8.70. The molecule has 2 aromatic heterocycles. The van der Waals surface area contributed by atoms with Crippen LogP contribution in [0.1, 0.15) is 17.8 Å². The minimum Gasteiger partial charge on any atom is -0.494 e. The molecule has 0 aliphatic carbocycles.